The highest BCUT2D eigenvalue weighted by Gasteiger charge is 2.38. The van der Waals surface area contributed by atoms with Gasteiger partial charge in [0.2, 0.25) is 0 Å². The van der Waals surface area contributed by atoms with Gasteiger partial charge in [0, 0.05) is 34.7 Å². The van der Waals surface area contributed by atoms with Crippen LogP contribution in [0.5, 0.6) is 0 Å². The molecule has 0 radical (unpaired) electrons. The Hall–Kier alpha value is -2.27. The zero-order valence-electron chi connectivity index (χ0n) is 13.5. The average molecular weight is 343 g/mol. The number of rotatable bonds is 3. The second-order valence-corrected chi connectivity index (χ2v) is 7.00. The number of aromatic nitrogens is 3. The van der Waals surface area contributed by atoms with Crippen LogP contribution in [0.2, 0.25) is 5.02 Å². The zero-order valence-corrected chi connectivity index (χ0v) is 14.2. The van der Waals surface area contributed by atoms with E-state index in [0.717, 1.165) is 42.1 Å². The summed E-state index contributed by atoms with van der Waals surface area (Å²) in [4.78, 5) is 16.0. The van der Waals surface area contributed by atoms with Gasteiger partial charge in [-0.3, -0.25) is 9.48 Å². The Morgan fingerprint density at radius 3 is 2.83 bits per heavy atom. The van der Waals surface area contributed by atoms with Gasteiger partial charge in [0.05, 0.1) is 11.7 Å². The van der Waals surface area contributed by atoms with Gasteiger partial charge in [-0.05, 0) is 37.1 Å². The number of benzene rings is 1. The van der Waals surface area contributed by atoms with Crippen LogP contribution in [-0.2, 0) is 12.6 Å². The van der Waals surface area contributed by atoms with Crippen LogP contribution in [0.25, 0.3) is 10.9 Å². The molecule has 1 aromatic carbocycles. The molecule has 2 heterocycles. The lowest BCUT2D eigenvalue weighted by Gasteiger charge is -2.29. The van der Waals surface area contributed by atoms with Crippen molar-refractivity contribution in [2.45, 2.75) is 31.2 Å². The molecule has 1 saturated carbocycles. The first-order chi connectivity index (χ1) is 11.6. The van der Waals surface area contributed by atoms with Gasteiger partial charge in [0.1, 0.15) is 5.69 Å². The molecule has 0 saturated heterocycles. The van der Waals surface area contributed by atoms with Gasteiger partial charge in [-0.15, -0.1) is 0 Å². The topological polar surface area (TPSA) is 62.7 Å². The monoisotopic (exact) mass is 342 g/mol. The van der Waals surface area contributed by atoms with Crippen molar-refractivity contribution in [1.29, 1.82) is 0 Å². The summed E-state index contributed by atoms with van der Waals surface area (Å²) in [6, 6.07) is 7.41. The van der Waals surface area contributed by atoms with E-state index in [9.17, 15) is 4.79 Å². The molecule has 1 aliphatic rings. The number of nitrogens with one attached hydrogen (secondary N) is 2. The van der Waals surface area contributed by atoms with Crippen molar-refractivity contribution >= 4 is 28.4 Å². The Morgan fingerprint density at radius 1 is 1.33 bits per heavy atom. The van der Waals surface area contributed by atoms with Crippen LogP contribution < -0.4 is 5.32 Å². The number of aromatic amines is 1. The third-order valence-electron chi connectivity index (χ3n) is 4.89. The molecule has 1 aliphatic carbocycles. The standard InChI is InChI=1S/C18H19ClN4O/c1-23-11-13(10-20-23)18(6-2-3-7-18)22-17(24)16-9-12-8-14(19)4-5-15(12)21-16/h4-5,8-11,21H,2-3,6-7H2,1H3,(H,22,24). The summed E-state index contributed by atoms with van der Waals surface area (Å²) < 4.78 is 1.78. The molecular formula is C18H19ClN4O. The van der Waals surface area contributed by atoms with Crippen LogP contribution in [0.4, 0.5) is 0 Å². The number of carbonyl (C=O) groups excluding carboxylic acids is 1. The Labute approximate surface area is 145 Å². The van der Waals surface area contributed by atoms with E-state index in [-0.39, 0.29) is 11.4 Å². The molecule has 0 spiro atoms. The lowest BCUT2D eigenvalue weighted by Crippen LogP contribution is -2.43. The van der Waals surface area contributed by atoms with Crippen LogP contribution >= 0.6 is 11.6 Å². The first-order valence-electron chi connectivity index (χ1n) is 8.16. The summed E-state index contributed by atoms with van der Waals surface area (Å²) in [5.41, 5.74) is 2.23. The van der Waals surface area contributed by atoms with E-state index in [1.54, 1.807) is 4.68 Å². The fourth-order valence-electron chi connectivity index (χ4n) is 3.64. The molecule has 0 atom stereocenters. The number of carbonyl (C=O) groups is 1. The number of amides is 1. The SMILES string of the molecule is Cn1cc(C2(NC(=O)c3cc4cc(Cl)ccc4[nH]3)CCCC2)cn1. The third-order valence-corrected chi connectivity index (χ3v) is 5.13. The quantitative estimate of drug-likeness (QED) is 0.761. The van der Waals surface area contributed by atoms with Gasteiger partial charge in [-0.2, -0.15) is 5.10 Å². The number of halogens is 1. The first-order valence-corrected chi connectivity index (χ1v) is 8.53. The minimum atomic E-state index is -0.319. The van der Waals surface area contributed by atoms with Gasteiger partial charge in [0.15, 0.2) is 0 Å². The van der Waals surface area contributed by atoms with Crippen molar-refractivity contribution in [1.82, 2.24) is 20.1 Å². The summed E-state index contributed by atoms with van der Waals surface area (Å²) in [6.45, 7) is 0. The summed E-state index contributed by atoms with van der Waals surface area (Å²) in [5.74, 6) is -0.0897. The lowest BCUT2D eigenvalue weighted by molar-refractivity contribution is 0.0894. The van der Waals surface area contributed by atoms with Gasteiger partial charge in [-0.1, -0.05) is 24.4 Å². The Balaban J connectivity index is 1.65. The van der Waals surface area contributed by atoms with Crippen molar-refractivity contribution in [2.75, 3.05) is 0 Å². The molecule has 1 amide bonds. The maximum atomic E-state index is 12.8. The van der Waals surface area contributed by atoms with E-state index >= 15 is 0 Å². The average Bonchev–Trinajstić information content (AvgIpc) is 3.26. The summed E-state index contributed by atoms with van der Waals surface area (Å²) >= 11 is 6.03. The van der Waals surface area contributed by atoms with Crippen molar-refractivity contribution in [2.24, 2.45) is 7.05 Å². The first kappa shape index (κ1) is 15.3. The fraction of sp³-hybridized carbons (Fsp3) is 0.333. The van der Waals surface area contributed by atoms with Gasteiger partial charge < -0.3 is 10.3 Å². The Bertz CT molecular complexity index is 905. The van der Waals surface area contributed by atoms with Gasteiger partial charge in [-0.25, -0.2) is 0 Å². The van der Waals surface area contributed by atoms with E-state index in [1.165, 1.54) is 0 Å². The molecular weight excluding hydrogens is 324 g/mol. The summed E-state index contributed by atoms with van der Waals surface area (Å²) in [6.07, 6.45) is 7.95. The third kappa shape index (κ3) is 2.59. The molecule has 4 rings (SSSR count). The number of aryl methyl sites for hydroxylation is 1. The molecule has 6 heteroatoms. The van der Waals surface area contributed by atoms with Crippen molar-refractivity contribution < 1.29 is 4.79 Å². The zero-order chi connectivity index (χ0) is 16.7. The fourth-order valence-corrected chi connectivity index (χ4v) is 3.82. The maximum absolute atomic E-state index is 12.8. The van der Waals surface area contributed by atoms with Crippen molar-refractivity contribution in [3.63, 3.8) is 0 Å². The lowest BCUT2D eigenvalue weighted by atomic mass is 9.90. The highest BCUT2D eigenvalue weighted by atomic mass is 35.5. The smallest absolute Gasteiger partial charge is 0.268 e. The number of hydrogen-bond donors (Lipinski definition) is 2. The summed E-state index contributed by atoms with van der Waals surface area (Å²) in [5, 5.41) is 9.13. The molecule has 0 aliphatic heterocycles. The molecule has 5 nitrogen and oxygen atoms in total. The number of hydrogen-bond acceptors (Lipinski definition) is 2. The molecule has 3 aromatic rings. The maximum Gasteiger partial charge on any atom is 0.268 e. The minimum absolute atomic E-state index is 0.0897. The second kappa shape index (κ2) is 5.67. The van der Waals surface area contributed by atoms with E-state index in [4.69, 9.17) is 11.6 Å². The van der Waals surface area contributed by atoms with Gasteiger partial charge in [0.25, 0.3) is 5.91 Å². The molecule has 2 aromatic heterocycles. The highest BCUT2D eigenvalue weighted by Crippen LogP contribution is 2.38. The molecule has 0 unspecified atom stereocenters. The van der Waals surface area contributed by atoms with E-state index in [2.05, 4.69) is 15.4 Å². The normalized spacial score (nSPS) is 16.6. The number of nitrogens with zero attached hydrogens (tertiary/aromatic N) is 2. The Kier molecular flexibility index (Phi) is 3.61. The van der Waals surface area contributed by atoms with Crippen LogP contribution in [-0.4, -0.2) is 20.7 Å². The van der Waals surface area contributed by atoms with Crippen molar-refractivity contribution in [3.8, 4) is 0 Å². The number of fused-ring (bicyclic) bond motifs is 1. The van der Waals surface area contributed by atoms with Gasteiger partial charge >= 0.3 is 0 Å². The predicted octanol–water partition coefficient (Wildman–Crippen LogP) is 3.75. The Morgan fingerprint density at radius 2 is 2.12 bits per heavy atom. The molecule has 124 valence electrons. The highest BCUT2D eigenvalue weighted by molar-refractivity contribution is 6.31. The minimum Gasteiger partial charge on any atom is -0.351 e. The van der Waals surface area contributed by atoms with Crippen LogP contribution in [0.15, 0.2) is 36.7 Å². The second-order valence-electron chi connectivity index (χ2n) is 6.56. The summed E-state index contributed by atoms with van der Waals surface area (Å²) in [7, 11) is 1.90. The number of H-pyrrole nitrogens is 1. The van der Waals surface area contributed by atoms with Crippen LogP contribution in [0.1, 0.15) is 41.7 Å². The molecule has 0 bridgehead atoms. The van der Waals surface area contributed by atoms with E-state index < -0.39 is 0 Å². The van der Waals surface area contributed by atoms with Crippen molar-refractivity contribution in [3.05, 3.63) is 52.9 Å². The van der Waals surface area contributed by atoms with E-state index in [1.807, 2.05) is 43.7 Å². The largest absolute Gasteiger partial charge is 0.351 e. The molecule has 1 fully saturated rings. The molecule has 2 N–H and O–H groups in total. The van der Waals surface area contributed by atoms with Crippen LogP contribution in [0, 0.1) is 0 Å². The van der Waals surface area contributed by atoms with Crippen LogP contribution in [0.3, 0.4) is 0 Å². The predicted molar refractivity (Wildman–Crippen MR) is 94.1 cm³/mol. The van der Waals surface area contributed by atoms with E-state index in [0.29, 0.717) is 10.7 Å². The molecule has 24 heavy (non-hydrogen) atoms.